The van der Waals surface area contributed by atoms with Gasteiger partial charge in [0, 0.05) is 12.0 Å². The second-order valence-electron chi connectivity index (χ2n) is 5.98. The molecule has 1 saturated carbocycles. The average Bonchev–Trinajstić information content (AvgIpc) is 3.06. The zero-order valence-electron chi connectivity index (χ0n) is 12.6. The molecule has 0 radical (unpaired) electrons. The predicted octanol–water partition coefficient (Wildman–Crippen LogP) is 3.31. The molecule has 1 aliphatic rings. The van der Waals surface area contributed by atoms with E-state index in [9.17, 15) is 22.4 Å². The fraction of sp³-hybridized carbons (Fsp3) is 0.400. The van der Waals surface area contributed by atoms with Gasteiger partial charge < -0.3 is 9.84 Å². The smallest absolute Gasteiger partial charge is 0.352 e. The molecule has 1 heterocycles. The van der Waals surface area contributed by atoms with E-state index in [4.69, 9.17) is 0 Å². The highest BCUT2D eigenvalue weighted by Crippen LogP contribution is 2.45. The largest absolute Gasteiger partial charge is 0.471 e. The third-order valence-electron chi connectivity index (χ3n) is 3.94. The molecule has 1 aliphatic carbocycles. The quantitative estimate of drug-likeness (QED) is 0.865. The van der Waals surface area contributed by atoms with Gasteiger partial charge in [-0.25, -0.2) is 4.39 Å². The van der Waals surface area contributed by atoms with Gasteiger partial charge in [-0.1, -0.05) is 18.1 Å². The van der Waals surface area contributed by atoms with E-state index in [-0.39, 0.29) is 23.4 Å². The highest BCUT2D eigenvalue weighted by molar-refractivity contribution is 5.84. The SMILES string of the molecule is CC1(C(=O)NCc2ccc(-c3noc(C(F)(F)F)n3)c(F)c2)CC1. The van der Waals surface area contributed by atoms with Crippen molar-refractivity contribution in [2.24, 2.45) is 5.41 Å². The van der Waals surface area contributed by atoms with E-state index in [2.05, 4.69) is 20.0 Å². The Morgan fingerprint density at radius 3 is 2.62 bits per heavy atom. The summed E-state index contributed by atoms with van der Waals surface area (Å²) < 4.78 is 55.5. The number of rotatable bonds is 4. The van der Waals surface area contributed by atoms with E-state index in [1.165, 1.54) is 12.1 Å². The second-order valence-corrected chi connectivity index (χ2v) is 5.98. The summed E-state index contributed by atoms with van der Waals surface area (Å²) in [5.41, 5.74) is -0.0659. The number of nitrogens with zero attached hydrogens (tertiary/aromatic N) is 2. The van der Waals surface area contributed by atoms with Gasteiger partial charge in [0.15, 0.2) is 0 Å². The van der Waals surface area contributed by atoms with Crippen molar-refractivity contribution in [2.45, 2.75) is 32.5 Å². The Balaban J connectivity index is 1.72. The second kappa shape index (κ2) is 5.57. The van der Waals surface area contributed by atoms with Crippen molar-refractivity contribution in [1.82, 2.24) is 15.5 Å². The summed E-state index contributed by atoms with van der Waals surface area (Å²) in [5, 5.41) is 5.85. The van der Waals surface area contributed by atoms with Crippen LogP contribution in [0.2, 0.25) is 0 Å². The number of benzene rings is 1. The minimum Gasteiger partial charge on any atom is -0.352 e. The number of nitrogens with one attached hydrogen (secondary N) is 1. The van der Waals surface area contributed by atoms with Crippen molar-refractivity contribution in [3.8, 4) is 11.4 Å². The van der Waals surface area contributed by atoms with E-state index in [1.54, 1.807) is 0 Å². The monoisotopic (exact) mass is 343 g/mol. The van der Waals surface area contributed by atoms with Crippen LogP contribution in [0, 0.1) is 11.2 Å². The molecule has 0 unspecified atom stereocenters. The van der Waals surface area contributed by atoms with Crippen LogP contribution in [0.3, 0.4) is 0 Å². The van der Waals surface area contributed by atoms with E-state index >= 15 is 0 Å². The minimum atomic E-state index is -4.79. The van der Waals surface area contributed by atoms with Crippen LogP contribution < -0.4 is 5.32 Å². The van der Waals surface area contributed by atoms with Crippen LogP contribution in [0.25, 0.3) is 11.4 Å². The lowest BCUT2D eigenvalue weighted by molar-refractivity contribution is -0.159. The summed E-state index contributed by atoms with van der Waals surface area (Å²) in [6.07, 6.45) is -3.14. The number of alkyl halides is 3. The van der Waals surface area contributed by atoms with Crippen molar-refractivity contribution < 1.29 is 26.9 Å². The molecule has 24 heavy (non-hydrogen) atoms. The summed E-state index contributed by atoms with van der Waals surface area (Å²) in [6.45, 7) is 1.98. The van der Waals surface area contributed by atoms with Crippen molar-refractivity contribution >= 4 is 5.91 Å². The average molecular weight is 343 g/mol. The molecule has 0 bridgehead atoms. The zero-order chi connectivity index (χ0) is 17.5. The summed E-state index contributed by atoms with van der Waals surface area (Å²) in [5.74, 6) is -2.92. The van der Waals surface area contributed by atoms with E-state index in [0.29, 0.717) is 5.56 Å². The molecular weight excluding hydrogens is 330 g/mol. The summed E-state index contributed by atoms with van der Waals surface area (Å²) in [7, 11) is 0. The van der Waals surface area contributed by atoms with Crippen LogP contribution in [0.15, 0.2) is 22.7 Å². The molecule has 128 valence electrons. The molecule has 0 spiro atoms. The van der Waals surface area contributed by atoms with Crippen molar-refractivity contribution in [3.63, 3.8) is 0 Å². The maximum atomic E-state index is 14.1. The van der Waals surface area contributed by atoms with E-state index < -0.39 is 23.7 Å². The predicted molar refractivity (Wildman–Crippen MR) is 73.9 cm³/mol. The van der Waals surface area contributed by atoms with Crippen molar-refractivity contribution in [3.05, 3.63) is 35.5 Å². The summed E-state index contributed by atoms with van der Waals surface area (Å²) in [6, 6.07) is 3.85. The number of halogens is 4. The maximum absolute atomic E-state index is 14.1. The molecule has 2 aromatic rings. The Kier molecular flexibility index (Phi) is 3.81. The topological polar surface area (TPSA) is 68.0 Å². The lowest BCUT2D eigenvalue weighted by Crippen LogP contribution is -2.29. The first-order chi connectivity index (χ1) is 11.2. The summed E-state index contributed by atoms with van der Waals surface area (Å²) >= 11 is 0. The number of carbonyl (C=O) groups excluding carboxylic acids is 1. The van der Waals surface area contributed by atoms with E-state index in [1.807, 2.05) is 6.92 Å². The maximum Gasteiger partial charge on any atom is 0.471 e. The Morgan fingerprint density at radius 1 is 1.38 bits per heavy atom. The third kappa shape index (κ3) is 3.24. The molecule has 9 heteroatoms. The molecule has 1 aromatic carbocycles. The molecule has 1 fully saturated rings. The Morgan fingerprint density at radius 2 is 2.08 bits per heavy atom. The van der Waals surface area contributed by atoms with Crippen molar-refractivity contribution in [2.75, 3.05) is 0 Å². The van der Waals surface area contributed by atoms with Crippen LogP contribution in [0.1, 0.15) is 31.2 Å². The number of aromatic nitrogens is 2. The van der Waals surface area contributed by atoms with Crippen LogP contribution >= 0.6 is 0 Å². The van der Waals surface area contributed by atoms with Gasteiger partial charge in [-0.15, -0.1) is 0 Å². The molecule has 1 amide bonds. The fourth-order valence-electron chi connectivity index (χ4n) is 2.11. The highest BCUT2D eigenvalue weighted by atomic mass is 19.4. The molecule has 5 nitrogen and oxygen atoms in total. The standard InChI is InChI=1S/C15H13F4N3O2/c1-14(4-5-14)12(23)20-7-8-2-3-9(10(16)6-8)11-21-13(24-22-11)15(17,18)19/h2-3,6H,4-5,7H2,1H3,(H,20,23). The number of hydrogen-bond acceptors (Lipinski definition) is 4. The molecular formula is C15H13F4N3O2. The molecule has 1 N–H and O–H groups in total. The number of carbonyl (C=O) groups is 1. The molecule has 0 aliphatic heterocycles. The normalized spacial score (nSPS) is 16.0. The Labute approximate surface area is 134 Å². The van der Waals surface area contributed by atoms with Crippen LogP contribution in [0.4, 0.5) is 17.6 Å². The molecule has 3 rings (SSSR count). The first kappa shape index (κ1) is 16.4. The van der Waals surface area contributed by atoms with Gasteiger partial charge >= 0.3 is 12.1 Å². The third-order valence-corrected chi connectivity index (χ3v) is 3.94. The van der Waals surface area contributed by atoms with Gasteiger partial charge in [-0.05, 0) is 30.5 Å². The first-order valence-electron chi connectivity index (χ1n) is 7.17. The molecule has 1 aromatic heterocycles. The van der Waals surface area contributed by atoms with Gasteiger partial charge in [0.2, 0.25) is 11.7 Å². The van der Waals surface area contributed by atoms with Gasteiger partial charge in [-0.2, -0.15) is 18.2 Å². The molecule has 0 saturated heterocycles. The molecule has 0 atom stereocenters. The Bertz CT molecular complexity index is 781. The lowest BCUT2D eigenvalue weighted by Gasteiger charge is -2.10. The first-order valence-corrected chi connectivity index (χ1v) is 7.17. The lowest BCUT2D eigenvalue weighted by atomic mass is 10.1. The van der Waals surface area contributed by atoms with E-state index in [0.717, 1.165) is 18.9 Å². The number of amides is 1. The van der Waals surface area contributed by atoms with Gasteiger partial charge in [-0.3, -0.25) is 4.79 Å². The van der Waals surface area contributed by atoms with Crippen LogP contribution in [-0.4, -0.2) is 16.0 Å². The Hall–Kier alpha value is -2.45. The van der Waals surface area contributed by atoms with Gasteiger partial charge in [0.25, 0.3) is 0 Å². The number of hydrogen-bond donors (Lipinski definition) is 1. The highest BCUT2D eigenvalue weighted by Gasteiger charge is 2.44. The van der Waals surface area contributed by atoms with Crippen molar-refractivity contribution in [1.29, 1.82) is 0 Å². The minimum absolute atomic E-state index is 0.0972. The van der Waals surface area contributed by atoms with Gasteiger partial charge in [0.1, 0.15) is 5.82 Å². The van der Waals surface area contributed by atoms with Gasteiger partial charge in [0.05, 0.1) is 5.56 Å². The zero-order valence-corrected chi connectivity index (χ0v) is 12.6. The fourth-order valence-corrected chi connectivity index (χ4v) is 2.11. The summed E-state index contributed by atoms with van der Waals surface area (Å²) in [4.78, 5) is 15.0. The van der Waals surface area contributed by atoms with Crippen LogP contribution in [-0.2, 0) is 17.5 Å². The van der Waals surface area contributed by atoms with Crippen LogP contribution in [0.5, 0.6) is 0 Å².